The second-order valence-electron chi connectivity index (χ2n) is 2.82. The van der Waals surface area contributed by atoms with Crippen LogP contribution in [0.15, 0.2) is 23.1 Å². The highest BCUT2D eigenvalue weighted by Gasteiger charge is 2.33. The summed E-state index contributed by atoms with van der Waals surface area (Å²) in [5.41, 5.74) is -1.86. The largest absolute Gasteiger partial charge is 0.416 e. The summed E-state index contributed by atoms with van der Waals surface area (Å²) in [7, 11) is 1.13. The van der Waals surface area contributed by atoms with Gasteiger partial charge >= 0.3 is 6.18 Å². The van der Waals surface area contributed by atoms with Gasteiger partial charge in [0.2, 0.25) is 0 Å². The lowest BCUT2D eigenvalue weighted by molar-refractivity contribution is -0.447. The normalized spacial score (nSPS) is 11.6. The summed E-state index contributed by atoms with van der Waals surface area (Å²) in [4.78, 5) is 13.6. The molecule has 0 fully saturated rings. The van der Waals surface area contributed by atoms with Crippen LogP contribution in [-0.2, 0) is 20.4 Å². The van der Waals surface area contributed by atoms with Crippen molar-refractivity contribution in [1.82, 2.24) is 0 Å². The Balaban J connectivity index is 3.01. The van der Waals surface area contributed by atoms with E-state index >= 15 is 0 Å². The summed E-state index contributed by atoms with van der Waals surface area (Å²) in [5, 5.41) is 14.6. The van der Waals surface area contributed by atoms with Crippen molar-refractivity contribution in [2.75, 3.05) is 7.11 Å². The third kappa shape index (κ3) is 3.84. The molecule has 0 aliphatic carbocycles. The molecule has 0 unspecified atom stereocenters. The van der Waals surface area contributed by atoms with Gasteiger partial charge in [-0.1, -0.05) is 5.04 Å². The summed E-state index contributed by atoms with van der Waals surface area (Å²) in [5.74, 6) is 0. The number of nitro benzene ring substituents is 1. The maximum atomic E-state index is 12.4. The van der Waals surface area contributed by atoms with Gasteiger partial charge in [-0.2, -0.15) is 13.2 Å². The van der Waals surface area contributed by atoms with Gasteiger partial charge in [0.15, 0.2) is 0 Å². The third-order valence-electron chi connectivity index (χ3n) is 1.70. The van der Waals surface area contributed by atoms with E-state index in [9.17, 15) is 23.3 Å². The SMILES string of the molecule is COOOSc1ccc(C(F)(F)F)cc1[N+](=O)[O-]. The van der Waals surface area contributed by atoms with Crippen molar-refractivity contribution in [3.63, 3.8) is 0 Å². The lowest BCUT2D eigenvalue weighted by atomic mass is 10.2. The minimum Gasteiger partial charge on any atom is -0.258 e. The number of rotatable bonds is 5. The molecule has 0 aliphatic heterocycles. The van der Waals surface area contributed by atoms with E-state index in [4.69, 9.17) is 0 Å². The summed E-state index contributed by atoms with van der Waals surface area (Å²) in [6.45, 7) is 0. The first-order chi connectivity index (χ1) is 8.36. The third-order valence-corrected chi connectivity index (χ3v) is 2.35. The molecule has 1 rings (SSSR count). The quantitative estimate of drug-likeness (QED) is 0.272. The second-order valence-corrected chi connectivity index (χ2v) is 3.57. The number of nitro groups is 1. The molecule has 0 N–H and O–H groups in total. The van der Waals surface area contributed by atoms with Crippen molar-refractivity contribution in [1.29, 1.82) is 0 Å². The van der Waals surface area contributed by atoms with E-state index in [1.165, 1.54) is 0 Å². The Labute approximate surface area is 103 Å². The Morgan fingerprint density at radius 2 is 2.06 bits per heavy atom. The van der Waals surface area contributed by atoms with Gasteiger partial charge in [-0.05, 0) is 12.1 Å². The molecule has 0 atom stereocenters. The van der Waals surface area contributed by atoms with Crippen LogP contribution in [0, 0.1) is 10.1 Å². The predicted octanol–water partition coefficient (Wildman–Crippen LogP) is 3.13. The highest BCUT2D eigenvalue weighted by molar-refractivity contribution is 7.94. The van der Waals surface area contributed by atoms with E-state index in [0.29, 0.717) is 24.2 Å². The van der Waals surface area contributed by atoms with Gasteiger partial charge in [-0.25, -0.2) is 4.89 Å². The Bertz CT molecular complexity index is 439. The summed E-state index contributed by atoms with van der Waals surface area (Å²) in [6, 6.07) is 2.02. The molecule has 6 nitrogen and oxygen atoms in total. The van der Waals surface area contributed by atoms with Crippen LogP contribution in [0.2, 0.25) is 0 Å². The van der Waals surface area contributed by atoms with E-state index in [1.807, 2.05) is 0 Å². The summed E-state index contributed by atoms with van der Waals surface area (Å²) in [6.07, 6.45) is -4.65. The van der Waals surface area contributed by atoms with E-state index in [0.717, 1.165) is 13.2 Å². The summed E-state index contributed by atoms with van der Waals surface area (Å²) < 4.78 is 41.4. The molecule has 0 aliphatic rings. The summed E-state index contributed by atoms with van der Waals surface area (Å²) >= 11 is 0.363. The lowest BCUT2D eigenvalue weighted by Crippen LogP contribution is -2.06. The second kappa shape index (κ2) is 6.00. The smallest absolute Gasteiger partial charge is 0.258 e. The highest BCUT2D eigenvalue weighted by Crippen LogP contribution is 2.36. The molecule has 0 bridgehead atoms. The van der Waals surface area contributed by atoms with Crippen LogP contribution in [0.25, 0.3) is 0 Å². The van der Waals surface area contributed by atoms with Gasteiger partial charge in [0.25, 0.3) is 5.69 Å². The molecule has 0 amide bonds. The fourth-order valence-electron chi connectivity index (χ4n) is 0.985. The number of halogens is 3. The zero-order chi connectivity index (χ0) is 13.8. The fraction of sp³-hybridized carbons (Fsp3) is 0.250. The van der Waals surface area contributed by atoms with Crippen molar-refractivity contribution in [2.45, 2.75) is 11.1 Å². The number of alkyl halides is 3. The molecule has 10 heteroatoms. The average molecular weight is 285 g/mol. The topological polar surface area (TPSA) is 70.8 Å². The van der Waals surface area contributed by atoms with Crippen LogP contribution in [0.5, 0.6) is 0 Å². The van der Waals surface area contributed by atoms with Crippen molar-refractivity contribution in [3.8, 4) is 0 Å². The monoisotopic (exact) mass is 285 g/mol. The average Bonchev–Trinajstić information content (AvgIpc) is 2.28. The molecule has 0 aromatic heterocycles. The Morgan fingerprint density at radius 1 is 1.39 bits per heavy atom. The number of benzene rings is 1. The van der Waals surface area contributed by atoms with Crippen molar-refractivity contribution in [2.24, 2.45) is 0 Å². The first-order valence-electron chi connectivity index (χ1n) is 4.26. The zero-order valence-electron chi connectivity index (χ0n) is 8.76. The minimum atomic E-state index is -4.65. The molecular formula is C8H6F3NO5S. The Hall–Kier alpha value is -1.36. The van der Waals surface area contributed by atoms with Crippen LogP contribution in [-0.4, -0.2) is 12.0 Å². The van der Waals surface area contributed by atoms with Gasteiger partial charge < -0.3 is 0 Å². The minimum absolute atomic E-state index is 0.148. The van der Waals surface area contributed by atoms with Crippen LogP contribution in [0.4, 0.5) is 18.9 Å². The van der Waals surface area contributed by atoms with E-state index in [1.54, 1.807) is 0 Å². The van der Waals surface area contributed by atoms with Crippen molar-refractivity contribution >= 4 is 17.7 Å². The maximum Gasteiger partial charge on any atom is 0.416 e. The van der Waals surface area contributed by atoms with Crippen LogP contribution in [0.1, 0.15) is 5.56 Å². The first-order valence-corrected chi connectivity index (χ1v) is 5.00. The van der Waals surface area contributed by atoms with E-state index in [2.05, 4.69) is 14.3 Å². The molecule has 0 saturated carbocycles. The molecule has 0 spiro atoms. The van der Waals surface area contributed by atoms with Crippen LogP contribution < -0.4 is 0 Å². The molecule has 0 saturated heterocycles. The zero-order valence-corrected chi connectivity index (χ0v) is 9.58. The maximum absolute atomic E-state index is 12.4. The van der Waals surface area contributed by atoms with E-state index < -0.39 is 22.4 Å². The van der Waals surface area contributed by atoms with Gasteiger partial charge in [0, 0.05) is 6.07 Å². The molecule has 100 valence electrons. The fourth-order valence-corrected chi connectivity index (χ4v) is 1.48. The molecule has 18 heavy (non-hydrogen) atoms. The first kappa shape index (κ1) is 14.7. The van der Waals surface area contributed by atoms with Gasteiger partial charge in [0.05, 0.1) is 29.6 Å². The van der Waals surface area contributed by atoms with E-state index in [-0.39, 0.29) is 4.90 Å². The molecule has 0 radical (unpaired) electrons. The predicted molar refractivity (Wildman–Crippen MR) is 53.1 cm³/mol. The number of hydrogen-bond acceptors (Lipinski definition) is 6. The standard InChI is InChI=1S/C8H6F3NO5S/c1-15-16-17-18-7-3-2-5(8(9,10)11)4-6(7)12(13)14/h2-4H,1H3. The van der Waals surface area contributed by atoms with Crippen LogP contribution >= 0.6 is 12.0 Å². The van der Waals surface area contributed by atoms with Crippen molar-refractivity contribution < 1.29 is 32.4 Å². The van der Waals surface area contributed by atoms with Crippen molar-refractivity contribution in [3.05, 3.63) is 33.9 Å². The molecule has 1 aromatic carbocycles. The highest BCUT2D eigenvalue weighted by atomic mass is 32.2. The number of nitrogens with zero attached hydrogens (tertiary/aromatic N) is 1. The molecule has 0 heterocycles. The van der Waals surface area contributed by atoms with Gasteiger partial charge in [-0.15, -0.1) is 4.33 Å². The molecular weight excluding hydrogens is 279 g/mol. The van der Waals surface area contributed by atoms with Gasteiger partial charge in [0.1, 0.15) is 4.90 Å². The Morgan fingerprint density at radius 3 is 2.56 bits per heavy atom. The van der Waals surface area contributed by atoms with Crippen LogP contribution in [0.3, 0.4) is 0 Å². The molecule has 1 aromatic rings. The number of hydrogen-bond donors (Lipinski definition) is 0. The van der Waals surface area contributed by atoms with Gasteiger partial charge in [-0.3, -0.25) is 10.1 Å². The lowest BCUT2D eigenvalue weighted by Gasteiger charge is -2.07. The Kier molecular flexibility index (Phi) is 4.90.